The summed E-state index contributed by atoms with van der Waals surface area (Å²) in [6.45, 7) is 7.45. The first-order valence-electron chi connectivity index (χ1n) is 9.02. The number of hydrogen-bond donors (Lipinski definition) is 1. The largest absolute Gasteiger partial charge is 0.391 e. The number of hydrogen-bond acceptors (Lipinski definition) is 4. The van der Waals surface area contributed by atoms with E-state index in [0.717, 1.165) is 50.3 Å². The van der Waals surface area contributed by atoms with Gasteiger partial charge in [0.1, 0.15) is 0 Å². The smallest absolute Gasteiger partial charge is 0.254 e. The predicted octanol–water partition coefficient (Wildman–Crippen LogP) is 1.21. The van der Waals surface area contributed by atoms with Crippen molar-refractivity contribution in [2.45, 2.75) is 31.9 Å². The van der Waals surface area contributed by atoms with Crippen LogP contribution in [0, 0.1) is 6.92 Å². The number of aliphatic hydroxyl groups is 1. The van der Waals surface area contributed by atoms with E-state index in [1.54, 1.807) is 0 Å². The molecule has 0 spiro atoms. The number of amides is 1. The Morgan fingerprint density at radius 1 is 1.04 bits per heavy atom. The summed E-state index contributed by atoms with van der Waals surface area (Å²) in [5.74, 6) is 0.0966. The van der Waals surface area contributed by atoms with Crippen LogP contribution in [-0.2, 0) is 0 Å². The summed E-state index contributed by atoms with van der Waals surface area (Å²) in [5.41, 5.74) is 1.80. The minimum absolute atomic E-state index is 0.0966. The number of carbonyl (C=O) groups is 1. The fraction of sp³-hybridized carbons (Fsp3) is 0.632. The summed E-state index contributed by atoms with van der Waals surface area (Å²) < 4.78 is 0. The van der Waals surface area contributed by atoms with Crippen LogP contribution < -0.4 is 0 Å². The Morgan fingerprint density at radius 3 is 2.42 bits per heavy atom. The molecule has 2 aliphatic heterocycles. The lowest BCUT2D eigenvalue weighted by molar-refractivity contribution is 0.0224. The van der Waals surface area contributed by atoms with Gasteiger partial charge < -0.3 is 14.9 Å². The normalized spacial score (nSPS) is 27.0. The molecular weight excluding hydrogens is 302 g/mol. The molecule has 2 aliphatic rings. The van der Waals surface area contributed by atoms with E-state index in [4.69, 9.17) is 0 Å². The van der Waals surface area contributed by atoms with Crippen LogP contribution in [0.1, 0.15) is 28.8 Å². The van der Waals surface area contributed by atoms with Crippen molar-refractivity contribution in [3.8, 4) is 0 Å². The Hall–Kier alpha value is -1.43. The van der Waals surface area contributed by atoms with Crippen LogP contribution >= 0.6 is 0 Å². The van der Waals surface area contributed by atoms with Gasteiger partial charge in [0.25, 0.3) is 5.91 Å². The van der Waals surface area contributed by atoms with Crippen molar-refractivity contribution in [2.24, 2.45) is 0 Å². The van der Waals surface area contributed by atoms with Crippen LogP contribution in [0.25, 0.3) is 0 Å². The van der Waals surface area contributed by atoms with Gasteiger partial charge in [-0.2, -0.15) is 0 Å². The summed E-state index contributed by atoms with van der Waals surface area (Å²) in [4.78, 5) is 19.5. The monoisotopic (exact) mass is 331 g/mol. The van der Waals surface area contributed by atoms with Crippen LogP contribution in [0.5, 0.6) is 0 Å². The SMILES string of the molecule is Cc1ccccc1C(=O)N1CC[C@H](O)[C@@H](N2CCN(C)CC2)CC1. The molecule has 2 heterocycles. The molecular formula is C19H29N3O2. The summed E-state index contributed by atoms with van der Waals surface area (Å²) in [5, 5.41) is 10.6. The molecule has 2 atom stereocenters. The maximum Gasteiger partial charge on any atom is 0.254 e. The molecule has 24 heavy (non-hydrogen) atoms. The van der Waals surface area contributed by atoms with Crippen LogP contribution in [-0.4, -0.2) is 84.2 Å². The lowest BCUT2D eigenvalue weighted by atomic mass is 10.0. The average molecular weight is 331 g/mol. The predicted molar refractivity (Wildman–Crippen MR) is 95.2 cm³/mol. The quantitative estimate of drug-likeness (QED) is 0.885. The number of likely N-dealkylation sites (tertiary alicyclic amines) is 1. The molecule has 132 valence electrons. The minimum atomic E-state index is -0.344. The Kier molecular flexibility index (Phi) is 5.54. The van der Waals surface area contributed by atoms with Gasteiger partial charge in [0.2, 0.25) is 0 Å². The molecule has 5 heteroatoms. The second kappa shape index (κ2) is 7.64. The number of benzene rings is 1. The molecule has 5 nitrogen and oxygen atoms in total. The minimum Gasteiger partial charge on any atom is -0.391 e. The second-order valence-corrected chi connectivity index (χ2v) is 7.16. The fourth-order valence-electron chi connectivity index (χ4n) is 3.84. The Morgan fingerprint density at radius 2 is 1.71 bits per heavy atom. The number of carbonyl (C=O) groups excluding carboxylic acids is 1. The van der Waals surface area contributed by atoms with Crippen LogP contribution in [0.3, 0.4) is 0 Å². The van der Waals surface area contributed by atoms with E-state index in [2.05, 4.69) is 16.8 Å². The topological polar surface area (TPSA) is 47.0 Å². The summed E-state index contributed by atoms with van der Waals surface area (Å²) in [6.07, 6.45) is 1.17. The molecule has 1 aromatic rings. The third-order valence-corrected chi connectivity index (χ3v) is 5.50. The van der Waals surface area contributed by atoms with Crippen molar-refractivity contribution in [3.05, 3.63) is 35.4 Å². The van der Waals surface area contributed by atoms with Gasteiger partial charge in [-0.3, -0.25) is 9.69 Å². The van der Waals surface area contributed by atoms with E-state index in [1.165, 1.54) is 0 Å². The number of aliphatic hydroxyl groups excluding tert-OH is 1. The van der Waals surface area contributed by atoms with Crippen LogP contribution in [0.2, 0.25) is 0 Å². The van der Waals surface area contributed by atoms with Gasteiger partial charge in [-0.25, -0.2) is 0 Å². The highest BCUT2D eigenvalue weighted by Gasteiger charge is 2.32. The molecule has 0 aromatic heterocycles. The van der Waals surface area contributed by atoms with E-state index in [9.17, 15) is 9.90 Å². The zero-order chi connectivity index (χ0) is 17.1. The Labute approximate surface area is 144 Å². The highest BCUT2D eigenvalue weighted by molar-refractivity contribution is 5.95. The molecule has 0 unspecified atom stereocenters. The highest BCUT2D eigenvalue weighted by Crippen LogP contribution is 2.21. The molecule has 0 bridgehead atoms. The van der Waals surface area contributed by atoms with Gasteiger partial charge in [0, 0.05) is 50.9 Å². The third kappa shape index (κ3) is 3.79. The number of nitrogens with zero attached hydrogens (tertiary/aromatic N) is 3. The summed E-state index contributed by atoms with van der Waals surface area (Å²) in [6, 6.07) is 7.93. The molecule has 2 fully saturated rings. The van der Waals surface area contributed by atoms with Crippen molar-refractivity contribution in [1.29, 1.82) is 0 Å². The van der Waals surface area contributed by atoms with Crippen molar-refractivity contribution >= 4 is 5.91 Å². The van der Waals surface area contributed by atoms with Crippen LogP contribution in [0.15, 0.2) is 24.3 Å². The Balaban J connectivity index is 1.66. The first-order valence-corrected chi connectivity index (χ1v) is 9.02. The van der Waals surface area contributed by atoms with Crippen molar-refractivity contribution in [3.63, 3.8) is 0 Å². The molecule has 2 saturated heterocycles. The van der Waals surface area contributed by atoms with Gasteiger partial charge in [0.05, 0.1) is 6.10 Å². The zero-order valence-electron chi connectivity index (χ0n) is 14.8. The first-order chi connectivity index (χ1) is 11.6. The van der Waals surface area contributed by atoms with Crippen LogP contribution in [0.4, 0.5) is 0 Å². The van der Waals surface area contributed by atoms with E-state index in [1.807, 2.05) is 36.1 Å². The van der Waals surface area contributed by atoms with E-state index in [-0.39, 0.29) is 18.1 Å². The molecule has 0 aliphatic carbocycles. The third-order valence-electron chi connectivity index (χ3n) is 5.50. The van der Waals surface area contributed by atoms with Crippen molar-refractivity contribution in [1.82, 2.24) is 14.7 Å². The molecule has 1 aromatic carbocycles. The lowest BCUT2D eigenvalue weighted by Gasteiger charge is -2.39. The maximum atomic E-state index is 12.8. The summed E-state index contributed by atoms with van der Waals surface area (Å²) >= 11 is 0. The Bertz CT molecular complexity index is 569. The molecule has 0 radical (unpaired) electrons. The van der Waals surface area contributed by atoms with E-state index >= 15 is 0 Å². The molecule has 1 amide bonds. The fourth-order valence-corrected chi connectivity index (χ4v) is 3.84. The molecule has 0 saturated carbocycles. The van der Waals surface area contributed by atoms with Crippen molar-refractivity contribution < 1.29 is 9.90 Å². The standard InChI is InChI=1S/C19H29N3O2/c1-15-5-3-4-6-16(15)19(24)22-9-7-17(18(23)8-10-22)21-13-11-20(2)12-14-21/h3-6,17-18,23H,7-14H2,1-2H3/t17-,18-/m0/s1. The number of rotatable bonds is 2. The number of aryl methyl sites for hydroxylation is 1. The number of likely N-dealkylation sites (N-methyl/N-ethyl adjacent to an activating group) is 1. The number of piperazine rings is 1. The summed E-state index contributed by atoms with van der Waals surface area (Å²) in [7, 11) is 2.14. The lowest BCUT2D eigenvalue weighted by Crippen LogP contribution is -2.52. The van der Waals surface area contributed by atoms with Gasteiger partial charge >= 0.3 is 0 Å². The maximum absolute atomic E-state index is 12.8. The highest BCUT2D eigenvalue weighted by atomic mass is 16.3. The van der Waals surface area contributed by atoms with E-state index in [0.29, 0.717) is 13.0 Å². The van der Waals surface area contributed by atoms with Gasteiger partial charge in [-0.05, 0) is 38.4 Å². The average Bonchev–Trinajstić information content (AvgIpc) is 2.77. The molecule has 3 rings (SSSR count). The van der Waals surface area contributed by atoms with Gasteiger partial charge in [-0.1, -0.05) is 18.2 Å². The second-order valence-electron chi connectivity index (χ2n) is 7.16. The molecule has 1 N–H and O–H groups in total. The zero-order valence-corrected chi connectivity index (χ0v) is 14.8. The van der Waals surface area contributed by atoms with E-state index < -0.39 is 0 Å². The van der Waals surface area contributed by atoms with Gasteiger partial charge in [0.15, 0.2) is 0 Å². The first kappa shape index (κ1) is 17.4. The van der Waals surface area contributed by atoms with Crippen molar-refractivity contribution in [2.75, 3.05) is 46.3 Å². The van der Waals surface area contributed by atoms with Gasteiger partial charge in [-0.15, -0.1) is 0 Å².